The zero-order valence-corrected chi connectivity index (χ0v) is 13.7. The fourth-order valence-electron chi connectivity index (χ4n) is 2.35. The number of benzene rings is 1. The minimum absolute atomic E-state index is 0.370. The Balaban J connectivity index is 1.82. The minimum atomic E-state index is -0.475. The Morgan fingerprint density at radius 2 is 1.45 bits per heavy atom. The van der Waals surface area contributed by atoms with Crippen LogP contribution in [0, 0.1) is 0 Å². The molecule has 1 saturated heterocycles. The van der Waals surface area contributed by atoms with E-state index in [1.54, 1.807) is 7.11 Å². The first kappa shape index (κ1) is 15.2. The molecule has 3 rings (SSSR count). The molecule has 22 heavy (non-hydrogen) atoms. The van der Waals surface area contributed by atoms with Gasteiger partial charge in [-0.15, -0.1) is 0 Å². The van der Waals surface area contributed by atoms with Crippen molar-refractivity contribution in [3.05, 3.63) is 36.4 Å². The second-order valence-corrected chi connectivity index (χ2v) is 6.52. The molecule has 1 aliphatic rings. The molecule has 2 aromatic rings. The average molecular weight is 300 g/mol. The summed E-state index contributed by atoms with van der Waals surface area (Å²) in [6.07, 6.45) is 0. The Bertz CT molecular complexity index is 642. The molecule has 0 aliphatic carbocycles. The van der Waals surface area contributed by atoms with Crippen LogP contribution in [0.1, 0.15) is 27.7 Å². The molecule has 1 aliphatic heterocycles. The molecule has 1 aromatic carbocycles. The zero-order chi connectivity index (χ0) is 16.0. The van der Waals surface area contributed by atoms with E-state index < -0.39 is 7.12 Å². The first-order valence-corrected chi connectivity index (χ1v) is 7.42. The molecule has 0 atom stereocenters. The maximum Gasteiger partial charge on any atom is 0.532 e. The lowest BCUT2D eigenvalue weighted by atomic mass is 9.86. The summed E-state index contributed by atoms with van der Waals surface area (Å²) in [6, 6.07) is 11.6. The van der Waals surface area contributed by atoms with Gasteiger partial charge in [-0.1, -0.05) is 0 Å². The second-order valence-electron chi connectivity index (χ2n) is 6.52. The van der Waals surface area contributed by atoms with E-state index in [2.05, 4.69) is 0 Å². The quantitative estimate of drug-likeness (QED) is 0.816. The van der Waals surface area contributed by atoms with Crippen molar-refractivity contribution in [2.75, 3.05) is 7.11 Å². The minimum Gasteiger partial charge on any atom is -0.497 e. The van der Waals surface area contributed by atoms with Crippen molar-refractivity contribution >= 4 is 12.8 Å². The Morgan fingerprint density at radius 3 is 2.00 bits per heavy atom. The molecule has 116 valence electrons. The van der Waals surface area contributed by atoms with E-state index in [1.165, 1.54) is 0 Å². The summed E-state index contributed by atoms with van der Waals surface area (Å²) >= 11 is 0. The molecule has 0 radical (unpaired) electrons. The molecule has 0 unspecified atom stereocenters. The van der Waals surface area contributed by atoms with Gasteiger partial charge in [-0.2, -0.15) is 0 Å². The van der Waals surface area contributed by atoms with E-state index in [0.29, 0.717) is 5.66 Å². The van der Waals surface area contributed by atoms with Crippen LogP contribution in [0.3, 0.4) is 0 Å². The smallest absolute Gasteiger partial charge is 0.497 e. The molecule has 5 heteroatoms. The topological polar surface area (TPSA) is 40.8 Å². The highest BCUT2D eigenvalue weighted by Gasteiger charge is 2.53. The van der Waals surface area contributed by atoms with E-state index in [4.69, 9.17) is 18.5 Å². The number of hydrogen-bond donors (Lipinski definition) is 0. The van der Waals surface area contributed by atoms with Gasteiger partial charge in [0.1, 0.15) is 17.2 Å². The summed E-state index contributed by atoms with van der Waals surface area (Å²) < 4.78 is 23.1. The maximum atomic E-state index is 6.00. The Labute approximate surface area is 131 Å². The van der Waals surface area contributed by atoms with Gasteiger partial charge in [0.15, 0.2) is 0 Å². The largest absolute Gasteiger partial charge is 0.532 e. The molecule has 0 spiro atoms. The van der Waals surface area contributed by atoms with E-state index in [-0.39, 0.29) is 11.2 Å². The average Bonchev–Trinajstić information content (AvgIpc) is 3.03. The predicted octanol–water partition coefficient (Wildman–Crippen LogP) is 3.25. The number of rotatable bonds is 3. The lowest BCUT2D eigenvalue weighted by Crippen LogP contribution is -2.41. The molecular weight excluding hydrogens is 279 g/mol. The van der Waals surface area contributed by atoms with Crippen LogP contribution in [0.2, 0.25) is 0 Å². The van der Waals surface area contributed by atoms with E-state index in [1.807, 2.05) is 64.1 Å². The van der Waals surface area contributed by atoms with Crippen molar-refractivity contribution in [1.29, 1.82) is 0 Å². The summed E-state index contributed by atoms with van der Waals surface area (Å²) in [4.78, 5) is 0. The fraction of sp³-hybridized carbons (Fsp3) is 0.412. The van der Waals surface area contributed by atoms with Crippen LogP contribution in [0.5, 0.6) is 5.75 Å². The van der Waals surface area contributed by atoms with Crippen LogP contribution in [0.15, 0.2) is 40.8 Å². The highest BCUT2D eigenvalue weighted by Crippen LogP contribution is 2.36. The van der Waals surface area contributed by atoms with E-state index in [0.717, 1.165) is 17.1 Å². The Hall–Kier alpha value is -1.72. The van der Waals surface area contributed by atoms with Crippen molar-refractivity contribution in [2.45, 2.75) is 38.9 Å². The van der Waals surface area contributed by atoms with Crippen molar-refractivity contribution in [3.63, 3.8) is 0 Å². The van der Waals surface area contributed by atoms with Crippen molar-refractivity contribution < 1.29 is 18.5 Å². The SMILES string of the molecule is COc1ccc(-c2ccc(B3OC(C)(C)C(C)(C)O3)o2)cc1. The third-order valence-corrected chi connectivity index (χ3v) is 4.49. The van der Waals surface area contributed by atoms with Crippen molar-refractivity contribution in [2.24, 2.45) is 0 Å². The van der Waals surface area contributed by atoms with Gasteiger partial charge in [-0.3, -0.25) is 0 Å². The fourth-order valence-corrected chi connectivity index (χ4v) is 2.35. The molecule has 0 N–H and O–H groups in total. The number of furan rings is 1. The first-order valence-electron chi connectivity index (χ1n) is 7.42. The standard InChI is InChI=1S/C17H21BO4/c1-16(2)17(3,4)22-18(21-16)15-11-10-14(20-15)12-6-8-13(19-5)9-7-12/h6-11H,1-5H3. The molecular formula is C17H21BO4. The van der Waals surface area contributed by atoms with E-state index in [9.17, 15) is 0 Å². The van der Waals surface area contributed by atoms with Crippen LogP contribution >= 0.6 is 0 Å². The third kappa shape index (κ3) is 2.55. The van der Waals surface area contributed by atoms with Gasteiger partial charge in [-0.25, -0.2) is 0 Å². The van der Waals surface area contributed by atoms with Gasteiger partial charge in [0, 0.05) is 5.56 Å². The normalized spacial score (nSPS) is 19.4. The number of methoxy groups -OCH3 is 1. The van der Waals surface area contributed by atoms with Crippen molar-refractivity contribution in [3.8, 4) is 17.1 Å². The number of hydrogen-bond acceptors (Lipinski definition) is 4. The van der Waals surface area contributed by atoms with Gasteiger partial charge in [0.05, 0.1) is 18.3 Å². The van der Waals surface area contributed by atoms with Gasteiger partial charge < -0.3 is 18.5 Å². The molecule has 1 fully saturated rings. The van der Waals surface area contributed by atoms with Gasteiger partial charge >= 0.3 is 7.12 Å². The summed E-state index contributed by atoms with van der Waals surface area (Å²) in [6.45, 7) is 8.11. The van der Waals surface area contributed by atoms with Crippen LogP contribution in [-0.2, 0) is 9.31 Å². The Morgan fingerprint density at radius 1 is 0.864 bits per heavy atom. The summed E-state index contributed by atoms with van der Waals surface area (Å²) in [7, 11) is 1.18. The second kappa shape index (κ2) is 5.18. The lowest BCUT2D eigenvalue weighted by molar-refractivity contribution is 0.00578. The van der Waals surface area contributed by atoms with Gasteiger partial charge in [0.25, 0.3) is 0 Å². The molecule has 2 heterocycles. The van der Waals surface area contributed by atoms with Crippen LogP contribution < -0.4 is 10.4 Å². The lowest BCUT2D eigenvalue weighted by Gasteiger charge is -2.32. The molecule has 1 aromatic heterocycles. The Kier molecular flexibility index (Phi) is 3.58. The van der Waals surface area contributed by atoms with Crippen molar-refractivity contribution in [1.82, 2.24) is 0 Å². The summed E-state index contributed by atoms with van der Waals surface area (Å²) in [5.41, 5.74) is 0.933. The van der Waals surface area contributed by atoms with Crippen LogP contribution in [0.4, 0.5) is 0 Å². The first-order chi connectivity index (χ1) is 10.3. The molecule has 0 bridgehead atoms. The molecule has 0 saturated carbocycles. The van der Waals surface area contributed by atoms with Gasteiger partial charge in [0.2, 0.25) is 0 Å². The summed E-state index contributed by atoms with van der Waals surface area (Å²) in [5, 5.41) is 0. The maximum absolute atomic E-state index is 6.00. The van der Waals surface area contributed by atoms with Gasteiger partial charge in [-0.05, 0) is 64.1 Å². The molecule has 0 amide bonds. The van der Waals surface area contributed by atoms with Crippen LogP contribution in [0.25, 0.3) is 11.3 Å². The highest BCUT2D eigenvalue weighted by molar-refractivity contribution is 6.60. The monoisotopic (exact) mass is 300 g/mol. The third-order valence-electron chi connectivity index (χ3n) is 4.49. The molecule has 4 nitrogen and oxygen atoms in total. The zero-order valence-electron chi connectivity index (χ0n) is 13.7. The van der Waals surface area contributed by atoms with E-state index >= 15 is 0 Å². The predicted molar refractivity (Wildman–Crippen MR) is 86.4 cm³/mol. The number of ether oxygens (including phenoxy) is 1. The van der Waals surface area contributed by atoms with Crippen LogP contribution in [-0.4, -0.2) is 25.4 Å². The highest BCUT2D eigenvalue weighted by atomic mass is 16.7. The summed E-state index contributed by atoms with van der Waals surface area (Å²) in [5.74, 6) is 1.61.